The minimum atomic E-state index is -0.113. The lowest BCUT2D eigenvalue weighted by Crippen LogP contribution is -2.07. The quantitative estimate of drug-likeness (QED) is 0.609. The van der Waals surface area contributed by atoms with Crippen molar-refractivity contribution in [2.75, 3.05) is 25.7 Å². The molecule has 0 aliphatic carbocycles. The van der Waals surface area contributed by atoms with E-state index >= 15 is 0 Å². The van der Waals surface area contributed by atoms with E-state index in [1.807, 2.05) is 6.26 Å². The molecule has 2 N–H and O–H groups in total. The standard InChI is InChI=1S/C7H10N2O2S2/c1-11-3-4(10)5-6(8)9-7(12-2)13-5/h3,8H2,1-2H3. The Labute approximate surface area is 84.5 Å². The Kier molecular flexibility index (Phi) is 3.71. The van der Waals surface area contributed by atoms with Crippen molar-refractivity contribution < 1.29 is 9.53 Å². The third-order valence-corrected chi connectivity index (χ3v) is 3.43. The van der Waals surface area contributed by atoms with Gasteiger partial charge in [0, 0.05) is 7.11 Å². The number of carbonyl (C=O) groups is 1. The van der Waals surface area contributed by atoms with Crippen LogP contribution in [0.2, 0.25) is 0 Å². The van der Waals surface area contributed by atoms with E-state index in [1.54, 1.807) is 0 Å². The highest BCUT2D eigenvalue weighted by Gasteiger charge is 2.14. The first kappa shape index (κ1) is 10.5. The number of rotatable bonds is 4. The maximum atomic E-state index is 11.4. The molecule has 0 aliphatic rings. The second kappa shape index (κ2) is 4.59. The topological polar surface area (TPSA) is 65.2 Å². The van der Waals surface area contributed by atoms with E-state index in [0.717, 1.165) is 4.34 Å². The van der Waals surface area contributed by atoms with Crippen LogP contribution in [0.25, 0.3) is 0 Å². The summed E-state index contributed by atoms with van der Waals surface area (Å²) in [5, 5.41) is 0. The first-order valence-electron chi connectivity index (χ1n) is 3.51. The Morgan fingerprint density at radius 1 is 1.77 bits per heavy atom. The summed E-state index contributed by atoms with van der Waals surface area (Å²) in [4.78, 5) is 15.9. The third-order valence-electron chi connectivity index (χ3n) is 1.34. The summed E-state index contributed by atoms with van der Waals surface area (Å²) < 4.78 is 5.53. The molecule has 13 heavy (non-hydrogen) atoms. The molecule has 0 bridgehead atoms. The summed E-state index contributed by atoms with van der Waals surface area (Å²) in [6, 6.07) is 0. The third kappa shape index (κ3) is 2.43. The molecule has 0 fully saturated rings. The zero-order valence-electron chi connectivity index (χ0n) is 7.36. The maximum absolute atomic E-state index is 11.4. The first-order chi connectivity index (χ1) is 6.19. The van der Waals surface area contributed by atoms with Crippen LogP contribution in [0.5, 0.6) is 0 Å². The number of hydrogen-bond acceptors (Lipinski definition) is 6. The number of methoxy groups -OCH3 is 1. The van der Waals surface area contributed by atoms with E-state index in [0.29, 0.717) is 10.7 Å². The summed E-state index contributed by atoms with van der Waals surface area (Å²) >= 11 is 2.78. The molecule has 6 heteroatoms. The Bertz CT molecular complexity index is 311. The molecule has 0 spiro atoms. The molecule has 0 aromatic carbocycles. The second-order valence-corrected chi connectivity index (χ2v) is 4.31. The molecule has 1 heterocycles. The number of nitrogens with two attached hydrogens (primary N) is 1. The molecule has 0 amide bonds. The minimum Gasteiger partial charge on any atom is -0.382 e. The van der Waals surface area contributed by atoms with Gasteiger partial charge in [-0.2, -0.15) is 0 Å². The molecule has 1 rings (SSSR count). The Balaban J connectivity index is 2.87. The number of hydrogen-bond donors (Lipinski definition) is 1. The van der Waals surface area contributed by atoms with Gasteiger partial charge < -0.3 is 10.5 Å². The molecule has 0 atom stereocenters. The van der Waals surface area contributed by atoms with Crippen molar-refractivity contribution >= 4 is 34.7 Å². The average Bonchev–Trinajstić information content (AvgIpc) is 2.47. The number of nitrogens with zero attached hydrogens (tertiary/aromatic N) is 1. The molecule has 72 valence electrons. The highest BCUT2D eigenvalue weighted by atomic mass is 32.2. The number of thioether (sulfide) groups is 1. The van der Waals surface area contributed by atoms with Gasteiger partial charge in [-0.05, 0) is 6.26 Å². The lowest BCUT2D eigenvalue weighted by molar-refractivity contribution is 0.0853. The zero-order chi connectivity index (χ0) is 9.84. The number of ketones is 1. The van der Waals surface area contributed by atoms with Crippen LogP contribution < -0.4 is 5.73 Å². The zero-order valence-corrected chi connectivity index (χ0v) is 9.00. The van der Waals surface area contributed by atoms with E-state index in [1.165, 1.54) is 30.2 Å². The van der Waals surface area contributed by atoms with Gasteiger partial charge in [0.15, 0.2) is 4.34 Å². The second-order valence-electron chi connectivity index (χ2n) is 2.25. The maximum Gasteiger partial charge on any atom is 0.202 e. The molecule has 1 aromatic heterocycles. The molecule has 0 unspecified atom stereocenters. The van der Waals surface area contributed by atoms with Crippen molar-refractivity contribution in [3.05, 3.63) is 4.88 Å². The molecule has 0 radical (unpaired) electrons. The lowest BCUT2D eigenvalue weighted by Gasteiger charge is -1.94. The van der Waals surface area contributed by atoms with E-state index in [2.05, 4.69) is 4.98 Å². The summed E-state index contributed by atoms with van der Waals surface area (Å²) in [5.74, 6) is 0.189. The van der Waals surface area contributed by atoms with Crippen molar-refractivity contribution in [2.45, 2.75) is 4.34 Å². The van der Waals surface area contributed by atoms with Gasteiger partial charge in [-0.25, -0.2) is 4.98 Å². The summed E-state index contributed by atoms with van der Waals surface area (Å²) in [6.07, 6.45) is 1.89. The van der Waals surface area contributed by atoms with Crippen molar-refractivity contribution in [2.24, 2.45) is 0 Å². The van der Waals surface area contributed by atoms with Gasteiger partial charge in [-0.3, -0.25) is 4.79 Å². The van der Waals surface area contributed by atoms with Crippen LogP contribution in [-0.4, -0.2) is 30.7 Å². The summed E-state index contributed by atoms with van der Waals surface area (Å²) in [7, 11) is 1.48. The van der Waals surface area contributed by atoms with Crippen LogP contribution in [0.15, 0.2) is 4.34 Å². The number of aromatic nitrogens is 1. The minimum absolute atomic E-state index is 0.0558. The predicted molar refractivity (Wildman–Crippen MR) is 54.5 cm³/mol. The van der Waals surface area contributed by atoms with Crippen LogP contribution in [0.3, 0.4) is 0 Å². The predicted octanol–water partition coefficient (Wildman–Crippen LogP) is 1.28. The van der Waals surface area contributed by atoms with Gasteiger partial charge in [0.1, 0.15) is 17.3 Å². The fraction of sp³-hybridized carbons (Fsp3) is 0.429. The van der Waals surface area contributed by atoms with Gasteiger partial charge in [-0.1, -0.05) is 11.8 Å². The van der Waals surface area contributed by atoms with E-state index in [9.17, 15) is 4.79 Å². The van der Waals surface area contributed by atoms with Crippen molar-refractivity contribution in [3.63, 3.8) is 0 Å². The molecular weight excluding hydrogens is 208 g/mol. The smallest absolute Gasteiger partial charge is 0.202 e. The number of ether oxygens (including phenoxy) is 1. The average molecular weight is 218 g/mol. The van der Waals surface area contributed by atoms with Crippen molar-refractivity contribution in [1.82, 2.24) is 4.98 Å². The summed E-state index contributed by atoms with van der Waals surface area (Å²) in [6.45, 7) is 0.0558. The molecule has 0 saturated carbocycles. The first-order valence-corrected chi connectivity index (χ1v) is 5.55. The van der Waals surface area contributed by atoms with Gasteiger partial charge in [0.05, 0.1) is 0 Å². The largest absolute Gasteiger partial charge is 0.382 e. The van der Waals surface area contributed by atoms with Crippen LogP contribution >= 0.6 is 23.1 Å². The molecule has 0 saturated heterocycles. The highest BCUT2D eigenvalue weighted by molar-refractivity contribution is 8.00. The lowest BCUT2D eigenvalue weighted by atomic mass is 10.3. The fourth-order valence-electron chi connectivity index (χ4n) is 0.795. The number of anilines is 1. The van der Waals surface area contributed by atoms with Crippen LogP contribution in [0.1, 0.15) is 9.67 Å². The number of Topliss-reactive ketones (excluding diaryl/α,β-unsaturated/α-hetero) is 1. The normalized spacial score (nSPS) is 10.3. The Morgan fingerprint density at radius 2 is 2.46 bits per heavy atom. The van der Waals surface area contributed by atoms with E-state index < -0.39 is 0 Å². The molecular formula is C7H10N2O2S2. The Hall–Kier alpha value is -0.590. The van der Waals surface area contributed by atoms with Gasteiger partial charge in [-0.15, -0.1) is 11.3 Å². The van der Waals surface area contributed by atoms with Crippen LogP contribution in [-0.2, 0) is 4.74 Å². The van der Waals surface area contributed by atoms with Gasteiger partial charge in [0.2, 0.25) is 5.78 Å². The number of nitrogen functional groups attached to an aromatic ring is 1. The number of carbonyl (C=O) groups excluding carboxylic acids is 1. The van der Waals surface area contributed by atoms with Crippen molar-refractivity contribution in [1.29, 1.82) is 0 Å². The highest BCUT2D eigenvalue weighted by Crippen LogP contribution is 2.27. The van der Waals surface area contributed by atoms with Crippen molar-refractivity contribution in [3.8, 4) is 0 Å². The van der Waals surface area contributed by atoms with Gasteiger partial charge >= 0.3 is 0 Å². The van der Waals surface area contributed by atoms with Crippen LogP contribution in [0.4, 0.5) is 5.82 Å². The van der Waals surface area contributed by atoms with Gasteiger partial charge in [0.25, 0.3) is 0 Å². The monoisotopic (exact) mass is 218 g/mol. The molecule has 1 aromatic rings. The van der Waals surface area contributed by atoms with E-state index in [4.69, 9.17) is 10.5 Å². The molecule has 0 aliphatic heterocycles. The molecule has 4 nitrogen and oxygen atoms in total. The van der Waals surface area contributed by atoms with E-state index in [-0.39, 0.29) is 12.4 Å². The summed E-state index contributed by atoms with van der Waals surface area (Å²) in [5.41, 5.74) is 5.56. The SMILES string of the molecule is COCC(=O)c1sc(SC)nc1N. The number of thiazole rings is 1. The Morgan fingerprint density at radius 3 is 2.92 bits per heavy atom. The van der Waals surface area contributed by atoms with Crippen LogP contribution in [0, 0.1) is 0 Å². The fourth-order valence-corrected chi connectivity index (χ4v) is 2.21.